The lowest BCUT2D eigenvalue weighted by molar-refractivity contribution is -0.117. The fourth-order valence-corrected chi connectivity index (χ4v) is 2.98. The topological polar surface area (TPSA) is 122 Å². The standard InChI is InChI=1S/C16H15ClN4O4S/c1-9-10(2)20-21(16(23)12(9)7-18)8-15(22)19-14-6-11(26(3,24)25)4-5-13(14)17/h4-6H,8H2,1-3H3,(H,19,22). The van der Waals surface area contributed by atoms with Gasteiger partial charge in [0.25, 0.3) is 5.56 Å². The molecule has 0 saturated heterocycles. The van der Waals surface area contributed by atoms with Crippen molar-refractivity contribution >= 4 is 33.0 Å². The summed E-state index contributed by atoms with van der Waals surface area (Å²) in [5.41, 5.74) is 0.241. The summed E-state index contributed by atoms with van der Waals surface area (Å²) in [5.74, 6) is -0.640. The fraction of sp³-hybridized carbons (Fsp3) is 0.250. The van der Waals surface area contributed by atoms with Crippen molar-refractivity contribution in [2.45, 2.75) is 25.3 Å². The van der Waals surface area contributed by atoms with Crippen molar-refractivity contribution in [3.05, 3.63) is 50.4 Å². The molecule has 2 rings (SSSR count). The van der Waals surface area contributed by atoms with Gasteiger partial charge >= 0.3 is 0 Å². The first-order chi connectivity index (χ1) is 12.0. The van der Waals surface area contributed by atoms with Gasteiger partial charge in [-0.25, -0.2) is 13.1 Å². The van der Waals surface area contributed by atoms with Crippen LogP contribution in [0.15, 0.2) is 27.9 Å². The van der Waals surface area contributed by atoms with Crippen molar-refractivity contribution in [2.24, 2.45) is 0 Å². The fourth-order valence-electron chi connectivity index (χ4n) is 2.17. The zero-order valence-corrected chi connectivity index (χ0v) is 15.8. The van der Waals surface area contributed by atoms with Crippen molar-refractivity contribution in [1.29, 1.82) is 5.26 Å². The van der Waals surface area contributed by atoms with Gasteiger partial charge in [-0.05, 0) is 37.6 Å². The largest absolute Gasteiger partial charge is 0.323 e. The van der Waals surface area contributed by atoms with E-state index in [2.05, 4.69) is 10.4 Å². The van der Waals surface area contributed by atoms with Gasteiger partial charge in [0.1, 0.15) is 18.2 Å². The molecule has 0 saturated carbocycles. The van der Waals surface area contributed by atoms with Crippen LogP contribution in [0.5, 0.6) is 0 Å². The number of sulfone groups is 1. The van der Waals surface area contributed by atoms with Crippen LogP contribution >= 0.6 is 11.6 Å². The smallest absolute Gasteiger partial charge is 0.285 e. The molecule has 0 aliphatic heterocycles. The number of rotatable bonds is 4. The van der Waals surface area contributed by atoms with Gasteiger partial charge in [0.05, 0.1) is 21.3 Å². The molecule has 1 aromatic carbocycles. The number of anilines is 1. The number of carbonyl (C=O) groups is 1. The molecule has 136 valence electrons. The van der Waals surface area contributed by atoms with Gasteiger partial charge in [0, 0.05) is 6.26 Å². The third-order valence-corrected chi connectivity index (χ3v) is 5.12. The number of aromatic nitrogens is 2. The Labute approximate surface area is 154 Å². The summed E-state index contributed by atoms with van der Waals surface area (Å²) in [7, 11) is -3.48. The predicted octanol–water partition coefficient (Wildman–Crippen LogP) is 1.43. The van der Waals surface area contributed by atoms with Crippen molar-refractivity contribution < 1.29 is 13.2 Å². The van der Waals surface area contributed by atoms with Gasteiger partial charge in [0.15, 0.2) is 9.84 Å². The number of carbonyl (C=O) groups excluding carboxylic acids is 1. The summed E-state index contributed by atoms with van der Waals surface area (Å²) in [5, 5.41) is 15.7. The third-order valence-electron chi connectivity index (χ3n) is 3.68. The van der Waals surface area contributed by atoms with E-state index in [9.17, 15) is 18.0 Å². The van der Waals surface area contributed by atoms with Gasteiger partial charge in [-0.2, -0.15) is 10.4 Å². The number of hydrogen-bond acceptors (Lipinski definition) is 6. The number of halogens is 1. The van der Waals surface area contributed by atoms with Crippen LogP contribution in [0.1, 0.15) is 16.8 Å². The summed E-state index contributed by atoms with van der Waals surface area (Å²) < 4.78 is 24.1. The van der Waals surface area contributed by atoms with E-state index in [0.29, 0.717) is 11.3 Å². The minimum atomic E-state index is -3.48. The molecular weight excluding hydrogens is 380 g/mol. The lowest BCUT2D eigenvalue weighted by Gasteiger charge is -2.11. The van der Waals surface area contributed by atoms with Gasteiger partial charge in [-0.3, -0.25) is 9.59 Å². The minimum Gasteiger partial charge on any atom is -0.323 e. The Kier molecular flexibility index (Phi) is 5.49. The summed E-state index contributed by atoms with van der Waals surface area (Å²) in [6, 6.07) is 5.71. The third kappa shape index (κ3) is 4.09. The molecule has 0 spiro atoms. The van der Waals surface area contributed by atoms with E-state index in [0.717, 1.165) is 10.9 Å². The van der Waals surface area contributed by atoms with E-state index in [1.54, 1.807) is 13.8 Å². The van der Waals surface area contributed by atoms with Crippen LogP contribution in [0.4, 0.5) is 5.69 Å². The van der Waals surface area contributed by atoms with Gasteiger partial charge < -0.3 is 5.32 Å². The zero-order chi connectivity index (χ0) is 19.6. The Hall–Kier alpha value is -2.70. The molecular formula is C16H15ClN4O4S. The Morgan fingerprint density at radius 2 is 2.04 bits per heavy atom. The maximum atomic E-state index is 12.2. The van der Waals surface area contributed by atoms with E-state index in [1.165, 1.54) is 18.2 Å². The number of hydrogen-bond donors (Lipinski definition) is 1. The highest BCUT2D eigenvalue weighted by Crippen LogP contribution is 2.25. The minimum absolute atomic E-state index is 0.00885. The lowest BCUT2D eigenvalue weighted by atomic mass is 10.1. The summed E-state index contributed by atoms with van der Waals surface area (Å²) in [6.45, 7) is 2.77. The molecule has 2 aromatic rings. The molecule has 0 fully saturated rings. The van der Waals surface area contributed by atoms with E-state index >= 15 is 0 Å². The SMILES string of the molecule is Cc1nn(CC(=O)Nc2cc(S(C)(=O)=O)ccc2Cl)c(=O)c(C#N)c1C. The first-order valence-electron chi connectivity index (χ1n) is 7.32. The first kappa shape index (κ1) is 19.6. The van der Waals surface area contributed by atoms with E-state index < -0.39 is 27.8 Å². The highest BCUT2D eigenvalue weighted by Gasteiger charge is 2.16. The molecule has 0 aliphatic carbocycles. The Balaban J connectivity index is 2.33. The predicted molar refractivity (Wildman–Crippen MR) is 95.9 cm³/mol. The van der Waals surface area contributed by atoms with E-state index in [-0.39, 0.29) is 21.2 Å². The zero-order valence-electron chi connectivity index (χ0n) is 14.2. The normalized spacial score (nSPS) is 11.0. The molecule has 10 heteroatoms. The molecule has 1 amide bonds. The van der Waals surface area contributed by atoms with Gasteiger partial charge in [0.2, 0.25) is 5.91 Å². The number of nitriles is 1. The van der Waals surface area contributed by atoms with E-state index in [4.69, 9.17) is 16.9 Å². The average Bonchev–Trinajstić information content (AvgIpc) is 2.54. The Morgan fingerprint density at radius 1 is 1.38 bits per heavy atom. The van der Waals surface area contributed by atoms with Crippen LogP contribution in [0.3, 0.4) is 0 Å². The van der Waals surface area contributed by atoms with E-state index in [1.807, 2.05) is 6.07 Å². The average molecular weight is 395 g/mol. The summed E-state index contributed by atoms with van der Waals surface area (Å²) >= 11 is 5.98. The molecule has 0 unspecified atom stereocenters. The van der Waals surface area contributed by atoms with Crippen LogP contribution in [-0.4, -0.2) is 30.4 Å². The monoisotopic (exact) mass is 394 g/mol. The number of amides is 1. The van der Waals surface area contributed by atoms with Gasteiger partial charge in [-0.15, -0.1) is 0 Å². The van der Waals surface area contributed by atoms with Crippen LogP contribution in [0.2, 0.25) is 5.02 Å². The van der Waals surface area contributed by atoms with Crippen LogP contribution in [0, 0.1) is 25.2 Å². The maximum absolute atomic E-state index is 12.2. The van der Waals surface area contributed by atoms with Crippen molar-refractivity contribution in [3.63, 3.8) is 0 Å². The van der Waals surface area contributed by atoms with Crippen molar-refractivity contribution in [3.8, 4) is 6.07 Å². The van der Waals surface area contributed by atoms with Crippen LogP contribution < -0.4 is 10.9 Å². The molecule has 1 N–H and O–H groups in total. The van der Waals surface area contributed by atoms with Crippen molar-refractivity contribution in [1.82, 2.24) is 9.78 Å². The molecule has 0 radical (unpaired) electrons. The maximum Gasteiger partial charge on any atom is 0.285 e. The Bertz CT molecular complexity index is 1100. The van der Waals surface area contributed by atoms with Gasteiger partial charge in [-0.1, -0.05) is 11.6 Å². The molecule has 8 nitrogen and oxygen atoms in total. The Morgan fingerprint density at radius 3 is 2.62 bits per heavy atom. The van der Waals surface area contributed by atoms with Crippen LogP contribution in [-0.2, 0) is 21.2 Å². The lowest BCUT2D eigenvalue weighted by Crippen LogP contribution is -2.32. The summed E-state index contributed by atoms with van der Waals surface area (Å²) in [4.78, 5) is 24.4. The second-order valence-electron chi connectivity index (χ2n) is 5.62. The summed E-state index contributed by atoms with van der Waals surface area (Å²) in [6.07, 6.45) is 1.03. The van der Waals surface area contributed by atoms with Crippen LogP contribution in [0.25, 0.3) is 0 Å². The molecule has 1 heterocycles. The molecule has 0 bridgehead atoms. The number of nitrogens with zero attached hydrogens (tertiary/aromatic N) is 3. The number of nitrogens with one attached hydrogen (secondary N) is 1. The quantitative estimate of drug-likeness (QED) is 0.836. The first-order valence-corrected chi connectivity index (χ1v) is 9.59. The second kappa shape index (κ2) is 7.27. The van der Waals surface area contributed by atoms with Crippen molar-refractivity contribution in [2.75, 3.05) is 11.6 Å². The molecule has 26 heavy (non-hydrogen) atoms. The highest BCUT2D eigenvalue weighted by molar-refractivity contribution is 7.90. The molecule has 0 aliphatic rings. The highest BCUT2D eigenvalue weighted by atomic mass is 35.5. The number of benzene rings is 1. The number of aryl methyl sites for hydroxylation is 1. The molecule has 0 atom stereocenters. The molecule has 1 aromatic heterocycles. The second-order valence-corrected chi connectivity index (χ2v) is 8.04.